The Morgan fingerprint density at radius 3 is 1.61 bits per heavy atom. The normalized spacial score (nSPS) is 24.5. The lowest BCUT2D eigenvalue weighted by atomic mass is 9.88. The van der Waals surface area contributed by atoms with Crippen LogP contribution < -0.4 is 5.32 Å². The quantitative estimate of drug-likeness (QED) is 0.0359. The average molecular weight is 839 g/mol. The summed E-state index contributed by atoms with van der Waals surface area (Å²) in [5.41, 5.74) is 0. The molecule has 2 amide bonds. The van der Waals surface area contributed by atoms with E-state index in [1.807, 2.05) is 81.4 Å². The Labute approximate surface area is 351 Å². The van der Waals surface area contributed by atoms with E-state index in [-0.39, 0.29) is 89.7 Å². The predicted molar refractivity (Wildman–Crippen MR) is 221 cm³/mol. The molecule has 15 heteroatoms. The second-order valence-corrected chi connectivity index (χ2v) is 18.1. The van der Waals surface area contributed by atoms with Crippen molar-refractivity contribution in [3.63, 3.8) is 0 Å². The number of carbonyl (C=O) groups excluding carboxylic acids is 5. The van der Waals surface area contributed by atoms with Gasteiger partial charge in [-0.25, -0.2) is 4.79 Å². The number of cyclic esters (lactones) is 1. The van der Waals surface area contributed by atoms with Crippen molar-refractivity contribution in [1.29, 1.82) is 0 Å². The molecule has 3 fully saturated rings. The minimum Gasteiger partial charge on any atom is -0.481 e. The summed E-state index contributed by atoms with van der Waals surface area (Å²) in [6.45, 7) is 24.4. The van der Waals surface area contributed by atoms with Crippen LogP contribution >= 0.6 is 0 Å². The number of esters is 1. The van der Waals surface area contributed by atoms with E-state index in [0.717, 1.165) is 12.8 Å². The molecule has 59 heavy (non-hydrogen) atoms. The van der Waals surface area contributed by atoms with Crippen LogP contribution in [0.15, 0.2) is 12.2 Å². The first-order valence-electron chi connectivity index (χ1n) is 21.2. The van der Waals surface area contributed by atoms with Gasteiger partial charge in [0.2, 0.25) is 5.91 Å². The topological polar surface area (TPSA) is 212 Å². The van der Waals surface area contributed by atoms with Crippen molar-refractivity contribution in [2.24, 2.45) is 59.2 Å². The lowest BCUT2D eigenvalue weighted by Gasteiger charge is -2.18. The lowest BCUT2D eigenvalue weighted by Crippen LogP contribution is -2.36. The number of hydrogen-bond acceptors (Lipinski definition) is 11. The average Bonchev–Trinajstić information content (AvgIpc) is 3.41. The third kappa shape index (κ3) is 16.8. The number of rotatable bonds is 21. The Morgan fingerprint density at radius 1 is 0.712 bits per heavy atom. The summed E-state index contributed by atoms with van der Waals surface area (Å²) in [5, 5.41) is 21.3. The number of carbonyl (C=O) groups is 7. The number of carboxylic acids is 2. The third-order valence-electron chi connectivity index (χ3n) is 11.8. The molecule has 3 aliphatic heterocycles. The van der Waals surface area contributed by atoms with Gasteiger partial charge >= 0.3 is 24.0 Å². The van der Waals surface area contributed by atoms with E-state index in [1.54, 1.807) is 4.90 Å². The number of hydrogen-bond donors (Lipinski definition) is 3. The molecule has 3 heterocycles. The van der Waals surface area contributed by atoms with E-state index >= 15 is 0 Å². The minimum atomic E-state index is -0.861. The molecule has 3 N–H and O–H groups in total. The monoisotopic (exact) mass is 839 g/mol. The highest BCUT2D eigenvalue weighted by molar-refractivity contribution is 5.82. The number of aliphatic carboxylic acids is 2. The molecule has 0 spiro atoms. The van der Waals surface area contributed by atoms with Gasteiger partial charge in [0.15, 0.2) is 0 Å². The first kappa shape index (κ1) is 52.8. The summed E-state index contributed by atoms with van der Waals surface area (Å²) < 4.78 is 20.3. The summed E-state index contributed by atoms with van der Waals surface area (Å²) >= 11 is 0. The smallest absolute Gasteiger partial charge is 0.410 e. The number of carboxylic acid groups (broad SMARTS) is 2. The summed E-state index contributed by atoms with van der Waals surface area (Å²) in [6, 6.07) is -0.338. The van der Waals surface area contributed by atoms with Crippen molar-refractivity contribution in [1.82, 2.24) is 10.2 Å². The van der Waals surface area contributed by atoms with Crippen LogP contribution in [0.2, 0.25) is 0 Å². The van der Waals surface area contributed by atoms with Gasteiger partial charge in [0.25, 0.3) is 12.9 Å². The van der Waals surface area contributed by atoms with Gasteiger partial charge in [-0.1, -0.05) is 95.2 Å². The summed E-state index contributed by atoms with van der Waals surface area (Å²) in [4.78, 5) is 80.3. The molecular formula is C44H74N2O13. The van der Waals surface area contributed by atoms with Gasteiger partial charge in [-0.3, -0.25) is 33.7 Å². The molecule has 338 valence electrons. The number of nitrogens with one attached hydrogen (secondary N) is 1. The Balaban J connectivity index is 0.000000447. The van der Waals surface area contributed by atoms with E-state index in [1.165, 1.54) is 7.11 Å². The first-order chi connectivity index (χ1) is 27.5. The maximum Gasteiger partial charge on any atom is 0.410 e. The largest absolute Gasteiger partial charge is 0.481 e. The zero-order valence-corrected chi connectivity index (χ0v) is 37.6. The number of ether oxygens (including phenoxy) is 4. The molecule has 1 unspecified atom stereocenters. The highest BCUT2D eigenvalue weighted by Crippen LogP contribution is 2.40. The van der Waals surface area contributed by atoms with Crippen molar-refractivity contribution in [2.75, 3.05) is 7.11 Å². The zero-order valence-electron chi connectivity index (χ0n) is 37.6. The van der Waals surface area contributed by atoms with Gasteiger partial charge in [0.1, 0.15) is 18.3 Å². The molecule has 10 atom stereocenters. The van der Waals surface area contributed by atoms with E-state index < -0.39 is 23.9 Å². The fourth-order valence-electron chi connectivity index (χ4n) is 7.62. The van der Waals surface area contributed by atoms with Crippen molar-refractivity contribution >= 4 is 42.9 Å². The van der Waals surface area contributed by atoms with Crippen LogP contribution in [0.3, 0.4) is 0 Å². The molecule has 0 bridgehead atoms. The molecule has 3 aliphatic rings. The summed E-state index contributed by atoms with van der Waals surface area (Å²) in [7, 11) is 1.30. The Morgan fingerprint density at radius 2 is 1.20 bits per heavy atom. The number of nitrogens with zero attached hydrogens (tertiary/aromatic N) is 1. The fourth-order valence-corrected chi connectivity index (χ4v) is 7.62. The van der Waals surface area contributed by atoms with Crippen LogP contribution in [0.5, 0.6) is 0 Å². The standard InChI is InChI=1S/C16H27NO6.C14H23NO3.C14H24O4/c1-9(2)11(15(19)20)6-12-13(17(12)16(21)22-5)7-14(10(3)4)23-8-18;1-7(2)9-5-11(15-13(9)16)12-6-10(8(3)4)14(17)18-12;1-10(2)12(14(16)17)7-5-6-8-13(11(3)4)18-9-15/h8-14H,6-7H2,1-5H3,(H,19,20);7-12H,5-6H2,1-4H3,(H,15,16);5-6,9-13H,7-8H2,1-4H3,(H,16,17)/b;;6-5-/t11-,12?,13-,14-,17?;9-,10-,11-,12-;12-,13-/m000/s1. The van der Waals surface area contributed by atoms with Crippen LogP contribution in [0.4, 0.5) is 4.79 Å². The van der Waals surface area contributed by atoms with Crippen LogP contribution in [-0.4, -0.2) is 102 Å². The molecule has 0 saturated carbocycles. The van der Waals surface area contributed by atoms with Gasteiger partial charge < -0.3 is 34.5 Å². The van der Waals surface area contributed by atoms with Gasteiger partial charge in [-0.2, -0.15) is 0 Å². The first-order valence-corrected chi connectivity index (χ1v) is 21.2. The maximum atomic E-state index is 11.9. The Kier molecular flexibility index (Phi) is 22.8. The molecule has 15 nitrogen and oxygen atoms in total. The molecular weight excluding hydrogens is 764 g/mol. The van der Waals surface area contributed by atoms with E-state index in [2.05, 4.69) is 19.2 Å². The van der Waals surface area contributed by atoms with Gasteiger partial charge in [-0.15, -0.1) is 0 Å². The predicted octanol–water partition coefficient (Wildman–Crippen LogP) is 6.75. The van der Waals surface area contributed by atoms with Gasteiger partial charge in [0.05, 0.1) is 43.0 Å². The van der Waals surface area contributed by atoms with E-state index in [9.17, 15) is 38.7 Å². The van der Waals surface area contributed by atoms with Crippen LogP contribution in [0.25, 0.3) is 0 Å². The lowest BCUT2D eigenvalue weighted by molar-refractivity contribution is -0.146. The Hall–Kier alpha value is -4.17. The molecule has 0 aliphatic carbocycles. The zero-order chi connectivity index (χ0) is 45.3. The van der Waals surface area contributed by atoms with Crippen molar-refractivity contribution in [3.8, 4) is 0 Å². The summed E-state index contributed by atoms with van der Waals surface area (Å²) in [5.74, 6) is -1.35. The van der Waals surface area contributed by atoms with Gasteiger partial charge in [-0.05, 0) is 61.2 Å². The van der Waals surface area contributed by atoms with Crippen molar-refractivity contribution < 1.29 is 62.7 Å². The molecule has 0 radical (unpaired) electrons. The number of allylic oxidation sites excluding steroid dienone is 1. The molecule has 0 aromatic heterocycles. The maximum absolute atomic E-state index is 11.9. The highest BCUT2D eigenvalue weighted by atomic mass is 16.6. The Bertz CT molecular complexity index is 1360. The third-order valence-corrected chi connectivity index (χ3v) is 11.8. The number of methoxy groups -OCH3 is 1. The van der Waals surface area contributed by atoms with E-state index in [0.29, 0.717) is 50.5 Å². The SMILES string of the molecule is CC(C)[C@@H]1C[C@@H]([C@@H]2C[C@@H](C(C)C)C(=O)O2)NC1=O.CC(C)[C@H](C/C=C\C[C@H](C(=O)O)C(C)C)OC=O.COC(=O)N1C(C[C@H](C(=O)O)C(C)C)[C@@H]1C[C@H](OC=O)C(C)C. The summed E-state index contributed by atoms with van der Waals surface area (Å²) in [6.07, 6.45) is 6.25. The highest BCUT2D eigenvalue weighted by Gasteiger charge is 2.54. The minimum absolute atomic E-state index is 0.00926. The molecule has 0 aromatic rings. The van der Waals surface area contributed by atoms with E-state index in [4.69, 9.17) is 24.1 Å². The van der Waals surface area contributed by atoms with Gasteiger partial charge in [0, 0.05) is 18.8 Å². The van der Waals surface area contributed by atoms with Crippen LogP contribution in [-0.2, 0) is 47.7 Å². The van der Waals surface area contributed by atoms with Crippen LogP contribution in [0, 0.1) is 59.2 Å². The fraction of sp³-hybridized carbons (Fsp3) is 0.795. The number of amides is 2. The molecule has 3 rings (SSSR count). The van der Waals surface area contributed by atoms with Crippen molar-refractivity contribution in [2.45, 2.75) is 158 Å². The molecule has 3 saturated heterocycles. The second-order valence-electron chi connectivity index (χ2n) is 18.1. The molecule has 0 aromatic carbocycles. The second kappa shape index (κ2) is 25.5. The van der Waals surface area contributed by atoms with Crippen LogP contribution in [0.1, 0.15) is 122 Å². The van der Waals surface area contributed by atoms with Crippen molar-refractivity contribution in [3.05, 3.63) is 12.2 Å².